The second-order valence-corrected chi connectivity index (χ2v) is 3.30. The molecule has 0 unspecified atom stereocenters. The van der Waals surface area contributed by atoms with E-state index in [0.717, 1.165) is 22.0 Å². The van der Waals surface area contributed by atoms with Crippen LogP contribution in [0.2, 0.25) is 0 Å². The van der Waals surface area contributed by atoms with Gasteiger partial charge in [-0.2, -0.15) is 0 Å². The highest BCUT2D eigenvalue weighted by Crippen LogP contribution is 2.21. The van der Waals surface area contributed by atoms with Gasteiger partial charge in [0.25, 0.3) is 5.71 Å². The lowest BCUT2D eigenvalue weighted by Gasteiger charge is -1.94. The highest BCUT2D eigenvalue weighted by atomic mass is 16.5. The molecule has 0 amide bonds. The average molecular weight is 184 g/mol. The minimum atomic E-state index is 0.612. The van der Waals surface area contributed by atoms with Crippen molar-refractivity contribution in [2.75, 3.05) is 0 Å². The third kappa shape index (κ3) is 0.923. The number of fused-ring (bicyclic) bond motifs is 2. The molecule has 0 saturated heterocycles. The van der Waals surface area contributed by atoms with Crippen molar-refractivity contribution in [3.05, 3.63) is 36.0 Å². The predicted octanol–water partition coefficient (Wildman–Crippen LogP) is 2.68. The molecule has 0 atom stereocenters. The van der Waals surface area contributed by atoms with Crippen LogP contribution in [0, 0.1) is 6.92 Å². The van der Waals surface area contributed by atoms with Gasteiger partial charge in [-0.05, 0) is 19.1 Å². The summed E-state index contributed by atoms with van der Waals surface area (Å²) in [5.74, 6) is 0. The molecule has 3 rings (SSSR count). The smallest absolute Gasteiger partial charge is 0.258 e. The number of hydrogen-bond donors (Lipinski definition) is 0. The van der Waals surface area contributed by atoms with Gasteiger partial charge < -0.3 is 4.52 Å². The molecule has 0 aliphatic carbocycles. The quantitative estimate of drug-likeness (QED) is 0.539. The lowest BCUT2D eigenvalue weighted by Crippen LogP contribution is -1.78. The Bertz CT molecular complexity index is 613. The van der Waals surface area contributed by atoms with Crippen molar-refractivity contribution < 1.29 is 4.52 Å². The highest BCUT2D eigenvalue weighted by Gasteiger charge is 2.06. The minimum absolute atomic E-state index is 0.612. The molecule has 0 spiro atoms. The first-order valence-electron chi connectivity index (χ1n) is 4.46. The average Bonchev–Trinajstić information content (AvgIpc) is 2.57. The number of rotatable bonds is 0. The fraction of sp³-hybridized carbons (Fsp3) is 0.0909. The van der Waals surface area contributed by atoms with Crippen LogP contribution in [0.1, 0.15) is 5.69 Å². The summed E-state index contributed by atoms with van der Waals surface area (Å²) in [6.45, 7) is 1.92. The van der Waals surface area contributed by atoms with Gasteiger partial charge in [0.1, 0.15) is 0 Å². The first kappa shape index (κ1) is 7.50. The van der Waals surface area contributed by atoms with Crippen LogP contribution >= 0.6 is 0 Å². The van der Waals surface area contributed by atoms with Gasteiger partial charge in [0.05, 0.1) is 16.6 Å². The van der Waals surface area contributed by atoms with Crippen molar-refractivity contribution in [3.8, 4) is 0 Å². The Morgan fingerprint density at radius 3 is 3.00 bits per heavy atom. The van der Waals surface area contributed by atoms with Gasteiger partial charge in [0, 0.05) is 5.39 Å². The third-order valence-electron chi connectivity index (χ3n) is 2.35. The topological polar surface area (TPSA) is 38.9 Å². The van der Waals surface area contributed by atoms with Gasteiger partial charge in [0.2, 0.25) is 0 Å². The summed E-state index contributed by atoms with van der Waals surface area (Å²) in [6.07, 6.45) is 0. The van der Waals surface area contributed by atoms with E-state index in [1.165, 1.54) is 0 Å². The largest absolute Gasteiger partial charge is 0.336 e. The van der Waals surface area contributed by atoms with Crippen molar-refractivity contribution in [2.24, 2.45) is 0 Å². The van der Waals surface area contributed by atoms with Crippen LogP contribution in [-0.2, 0) is 0 Å². The van der Waals surface area contributed by atoms with E-state index in [2.05, 4.69) is 16.2 Å². The summed E-state index contributed by atoms with van der Waals surface area (Å²) in [6, 6.07) is 10.0. The number of aromatic nitrogens is 2. The zero-order valence-corrected chi connectivity index (χ0v) is 7.69. The number of hydrogen-bond acceptors (Lipinski definition) is 3. The van der Waals surface area contributed by atoms with Crippen LogP contribution in [0.3, 0.4) is 0 Å². The summed E-state index contributed by atoms with van der Waals surface area (Å²) >= 11 is 0. The van der Waals surface area contributed by atoms with Crippen LogP contribution < -0.4 is 0 Å². The molecule has 0 aliphatic heterocycles. The number of benzene rings is 1. The first-order valence-corrected chi connectivity index (χ1v) is 4.46. The molecule has 2 aromatic heterocycles. The van der Waals surface area contributed by atoms with Crippen molar-refractivity contribution in [3.63, 3.8) is 0 Å². The van der Waals surface area contributed by atoms with Crippen LogP contribution in [0.5, 0.6) is 0 Å². The Hall–Kier alpha value is -1.90. The third-order valence-corrected chi connectivity index (χ3v) is 2.35. The van der Waals surface area contributed by atoms with Gasteiger partial charge in [-0.1, -0.05) is 23.4 Å². The van der Waals surface area contributed by atoms with Gasteiger partial charge in [0.15, 0.2) is 0 Å². The minimum Gasteiger partial charge on any atom is -0.336 e. The monoisotopic (exact) mass is 184 g/mol. The molecule has 0 bridgehead atoms. The zero-order valence-electron chi connectivity index (χ0n) is 7.69. The fourth-order valence-corrected chi connectivity index (χ4v) is 1.59. The molecule has 68 valence electrons. The van der Waals surface area contributed by atoms with E-state index in [1.807, 2.05) is 31.2 Å². The molecule has 3 nitrogen and oxygen atoms in total. The number of pyridine rings is 1. The molecule has 1 aromatic carbocycles. The number of para-hydroxylation sites is 1. The fourth-order valence-electron chi connectivity index (χ4n) is 1.59. The predicted molar refractivity (Wildman–Crippen MR) is 54.0 cm³/mol. The molecule has 0 radical (unpaired) electrons. The van der Waals surface area contributed by atoms with E-state index >= 15 is 0 Å². The van der Waals surface area contributed by atoms with E-state index in [0.29, 0.717) is 5.71 Å². The molecular weight excluding hydrogens is 176 g/mol. The SMILES string of the molecule is Cc1noc2nc3ccccc3cc12. The zero-order chi connectivity index (χ0) is 9.54. The lowest BCUT2D eigenvalue weighted by molar-refractivity contribution is 0.443. The normalized spacial score (nSPS) is 11.2. The van der Waals surface area contributed by atoms with Gasteiger partial charge >= 0.3 is 0 Å². The molecule has 0 fully saturated rings. The first-order chi connectivity index (χ1) is 6.84. The second-order valence-electron chi connectivity index (χ2n) is 3.30. The van der Waals surface area contributed by atoms with Crippen molar-refractivity contribution in [1.29, 1.82) is 0 Å². The van der Waals surface area contributed by atoms with Crippen molar-refractivity contribution in [1.82, 2.24) is 10.1 Å². The molecular formula is C11H8N2O. The molecule has 0 aliphatic rings. The summed E-state index contributed by atoms with van der Waals surface area (Å²) < 4.78 is 5.10. The van der Waals surface area contributed by atoms with E-state index in [4.69, 9.17) is 4.52 Å². The van der Waals surface area contributed by atoms with E-state index in [1.54, 1.807) is 0 Å². The molecule has 3 heteroatoms. The highest BCUT2D eigenvalue weighted by molar-refractivity contribution is 5.91. The Kier molecular flexibility index (Phi) is 1.36. The summed E-state index contributed by atoms with van der Waals surface area (Å²) in [7, 11) is 0. The maximum absolute atomic E-state index is 5.10. The van der Waals surface area contributed by atoms with Crippen LogP contribution in [-0.4, -0.2) is 10.1 Å². The lowest BCUT2D eigenvalue weighted by atomic mass is 10.2. The Labute approximate surface area is 80.3 Å². The molecule has 14 heavy (non-hydrogen) atoms. The second kappa shape index (κ2) is 2.54. The van der Waals surface area contributed by atoms with Gasteiger partial charge in [-0.3, -0.25) is 0 Å². The molecule has 0 saturated carbocycles. The summed E-state index contributed by atoms with van der Waals surface area (Å²) in [5.41, 5.74) is 2.44. The Morgan fingerprint density at radius 1 is 1.21 bits per heavy atom. The maximum atomic E-state index is 5.10. The van der Waals surface area contributed by atoms with Gasteiger partial charge in [-0.15, -0.1) is 0 Å². The van der Waals surface area contributed by atoms with Crippen molar-refractivity contribution >= 4 is 22.0 Å². The Morgan fingerprint density at radius 2 is 2.07 bits per heavy atom. The number of aryl methyl sites for hydroxylation is 1. The summed E-state index contributed by atoms with van der Waals surface area (Å²) in [5, 5.41) is 5.99. The van der Waals surface area contributed by atoms with Gasteiger partial charge in [-0.25, -0.2) is 4.98 Å². The standard InChI is InChI=1S/C11H8N2O/c1-7-9-6-8-4-2-3-5-10(8)12-11(9)14-13-7/h2-6H,1H3. The van der Waals surface area contributed by atoms with E-state index in [-0.39, 0.29) is 0 Å². The van der Waals surface area contributed by atoms with E-state index in [9.17, 15) is 0 Å². The van der Waals surface area contributed by atoms with Crippen LogP contribution in [0.4, 0.5) is 0 Å². The molecule has 2 heterocycles. The summed E-state index contributed by atoms with van der Waals surface area (Å²) in [4.78, 5) is 4.37. The molecule has 0 N–H and O–H groups in total. The van der Waals surface area contributed by atoms with Crippen LogP contribution in [0.25, 0.3) is 22.0 Å². The van der Waals surface area contributed by atoms with Crippen LogP contribution in [0.15, 0.2) is 34.9 Å². The molecule has 3 aromatic rings. The van der Waals surface area contributed by atoms with Crippen molar-refractivity contribution in [2.45, 2.75) is 6.92 Å². The maximum Gasteiger partial charge on any atom is 0.258 e. The Balaban J connectivity index is 2.54. The number of nitrogens with zero attached hydrogens (tertiary/aromatic N) is 2. The van der Waals surface area contributed by atoms with E-state index < -0.39 is 0 Å².